The number of carbonyl (C=O) groups is 2. The molecule has 2 heterocycles. The van der Waals surface area contributed by atoms with Crippen LogP contribution in [0.5, 0.6) is 0 Å². The van der Waals surface area contributed by atoms with Crippen LogP contribution in [-0.4, -0.2) is 59.5 Å². The molecule has 130 valence electrons. The molecule has 1 amide bonds. The van der Waals surface area contributed by atoms with Gasteiger partial charge in [-0.2, -0.15) is 0 Å². The van der Waals surface area contributed by atoms with E-state index in [1.54, 1.807) is 12.1 Å². The van der Waals surface area contributed by atoms with E-state index in [2.05, 4.69) is 4.90 Å². The Morgan fingerprint density at radius 1 is 1.00 bits per heavy atom. The number of rotatable bonds is 4. The van der Waals surface area contributed by atoms with Crippen LogP contribution in [0.1, 0.15) is 53.9 Å². The van der Waals surface area contributed by atoms with Gasteiger partial charge in [-0.1, -0.05) is 12.1 Å². The smallest absolute Gasteiger partial charge is 0.335 e. The normalized spacial score (nSPS) is 22.3. The van der Waals surface area contributed by atoms with Crippen LogP contribution in [0, 0.1) is 0 Å². The third-order valence-corrected chi connectivity index (χ3v) is 5.20. The summed E-state index contributed by atoms with van der Waals surface area (Å²) in [6, 6.07) is 7.19. The molecule has 2 aliphatic rings. The molecule has 5 nitrogen and oxygen atoms in total. The summed E-state index contributed by atoms with van der Waals surface area (Å²) in [6.07, 6.45) is 5.68. The van der Waals surface area contributed by atoms with Crippen LogP contribution < -0.4 is 0 Å². The molecule has 1 N–H and O–H groups in total. The molecule has 0 spiro atoms. The van der Waals surface area contributed by atoms with Crippen molar-refractivity contribution < 1.29 is 14.7 Å². The molecule has 24 heavy (non-hydrogen) atoms. The quantitative estimate of drug-likeness (QED) is 0.922. The number of hydrogen-bond donors (Lipinski definition) is 1. The lowest BCUT2D eigenvalue weighted by atomic mass is 9.90. The maximum Gasteiger partial charge on any atom is 0.335 e. The Hall–Kier alpha value is -1.88. The minimum Gasteiger partial charge on any atom is -0.478 e. The Bertz CT molecular complexity index is 579. The van der Waals surface area contributed by atoms with Crippen LogP contribution in [-0.2, 0) is 4.79 Å². The van der Waals surface area contributed by atoms with E-state index in [1.807, 2.05) is 17.0 Å². The van der Waals surface area contributed by atoms with Crippen molar-refractivity contribution in [3.8, 4) is 0 Å². The van der Waals surface area contributed by atoms with E-state index >= 15 is 0 Å². The Morgan fingerprint density at radius 3 is 2.38 bits per heavy atom. The molecule has 0 radical (unpaired) electrons. The SMILES string of the molecule is O=C(O)c1ccc(C2CCCN(CC(=O)N3CCCCC3)C2)cc1. The van der Waals surface area contributed by atoms with Crippen LogP contribution in [0.4, 0.5) is 0 Å². The summed E-state index contributed by atoms with van der Waals surface area (Å²) in [5.74, 6) is -0.244. The van der Waals surface area contributed by atoms with Gasteiger partial charge in [0, 0.05) is 19.6 Å². The van der Waals surface area contributed by atoms with Gasteiger partial charge in [0.25, 0.3) is 0 Å². The number of benzene rings is 1. The third kappa shape index (κ3) is 4.15. The fraction of sp³-hybridized carbons (Fsp3) is 0.579. The molecule has 0 aliphatic carbocycles. The van der Waals surface area contributed by atoms with Gasteiger partial charge in [-0.25, -0.2) is 4.79 Å². The predicted molar refractivity (Wildman–Crippen MR) is 92.2 cm³/mol. The zero-order valence-corrected chi connectivity index (χ0v) is 14.1. The van der Waals surface area contributed by atoms with Crippen LogP contribution in [0.2, 0.25) is 0 Å². The number of hydrogen-bond acceptors (Lipinski definition) is 3. The zero-order valence-electron chi connectivity index (χ0n) is 14.1. The van der Waals surface area contributed by atoms with E-state index in [1.165, 1.54) is 12.0 Å². The van der Waals surface area contributed by atoms with Crippen molar-refractivity contribution in [1.82, 2.24) is 9.80 Å². The first kappa shape index (κ1) is 17.0. The number of amides is 1. The van der Waals surface area contributed by atoms with Crippen molar-refractivity contribution in [2.45, 2.75) is 38.0 Å². The average molecular weight is 330 g/mol. The van der Waals surface area contributed by atoms with Crippen molar-refractivity contribution in [2.75, 3.05) is 32.7 Å². The summed E-state index contributed by atoms with van der Waals surface area (Å²) in [6.45, 7) is 4.19. The molecule has 0 saturated carbocycles. The molecule has 1 unspecified atom stereocenters. The standard InChI is InChI=1S/C19H26N2O3/c22-18(21-11-2-1-3-12-21)14-20-10-4-5-17(13-20)15-6-8-16(9-7-15)19(23)24/h6-9,17H,1-5,10-14H2,(H,23,24). The monoisotopic (exact) mass is 330 g/mol. The maximum atomic E-state index is 12.4. The predicted octanol–water partition coefficient (Wildman–Crippen LogP) is 2.58. The molecule has 1 aromatic carbocycles. The molecular weight excluding hydrogens is 304 g/mol. The number of aromatic carboxylic acids is 1. The minimum absolute atomic E-state index is 0.261. The topological polar surface area (TPSA) is 60.9 Å². The third-order valence-electron chi connectivity index (χ3n) is 5.20. The highest BCUT2D eigenvalue weighted by atomic mass is 16.4. The van der Waals surface area contributed by atoms with Gasteiger partial charge < -0.3 is 10.0 Å². The number of carboxylic acids is 1. The Labute approximate surface area is 143 Å². The molecule has 0 aromatic heterocycles. The van der Waals surface area contributed by atoms with Gasteiger partial charge in [0.1, 0.15) is 0 Å². The molecular formula is C19H26N2O3. The molecule has 2 fully saturated rings. The second-order valence-electron chi connectivity index (χ2n) is 6.94. The van der Waals surface area contributed by atoms with Gasteiger partial charge in [-0.3, -0.25) is 9.69 Å². The van der Waals surface area contributed by atoms with Gasteiger partial charge in [0.2, 0.25) is 5.91 Å². The van der Waals surface area contributed by atoms with Gasteiger partial charge >= 0.3 is 5.97 Å². The lowest BCUT2D eigenvalue weighted by Crippen LogP contribution is -2.45. The first-order valence-corrected chi connectivity index (χ1v) is 8.97. The maximum absolute atomic E-state index is 12.4. The van der Waals surface area contributed by atoms with Gasteiger partial charge in [-0.15, -0.1) is 0 Å². The van der Waals surface area contributed by atoms with Crippen LogP contribution in [0.25, 0.3) is 0 Å². The number of likely N-dealkylation sites (tertiary alicyclic amines) is 2. The van der Waals surface area contributed by atoms with Crippen molar-refractivity contribution >= 4 is 11.9 Å². The Kier molecular flexibility index (Phi) is 5.51. The second kappa shape index (κ2) is 7.79. The largest absolute Gasteiger partial charge is 0.478 e. The lowest BCUT2D eigenvalue weighted by Gasteiger charge is -2.35. The first-order valence-electron chi connectivity index (χ1n) is 8.97. The van der Waals surface area contributed by atoms with E-state index < -0.39 is 5.97 Å². The second-order valence-corrected chi connectivity index (χ2v) is 6.94. The Balaban J connectivity index is 1.57. The van der Waals surface area contributed by atoms with Crippen molar-refractivity contribution in [2.24, 2.45) is 0 Å². The van der Waals surface area contributed by atoms with Crippen molar-refractivity contribution in [1.29, 1.82) is 0 Å². The molecule has 3 rings (SSSR count). The van der Waals surface area contributed by atoms with E-state index in [4.69, 9.17) is 5.11 Å². The minimum atomic E-state index is -0.890. The van der Waals surface area contributed by atoms with E-state index in [0.717, 1.165) is 51.9 Å². The van der Waals surface area contributed by atoms with E-state index in [9.17, 15) is 9.59 Å². The van der Waals surface area contributed by atoms with Crippen molar-refractivity contribution in [3.63, 3.8) is 0 Å². The molecule has 1 atom stereocenters. The van der Waals surface area contributed by atoms with Gasteiger partial charge in [0.05, 0.1) is 12.1 Å². The highest BCUT2D eigenvalue weighted by Gasteiger charge is 2.25. The van der Waals surface area contributed by atoms with E-state index in [0.29, 0.717) is 18.0 Å². The lowest BCUT2D eigenvalue weighted by molar-refractivity contribution is -0.133. The van der Waals surface area contributed by atoms with Gasteiger partial charge in [-0.05, 0) is 62.3 Å². The first-order chi connectivity index (χ1) is 11.6. The fourth-order valence-electron chi connectivity index (χ4n) is 3.80. The molecule has 0 bridgehead atoms. The summed E-state index contributed by atoms with van der Waals surface area (Å²) < 4.78 is 0. The highest BCUT2D eigenvalue weighted by Crippen LogP contribution is 2.27. The summed E-state index contributed by atoms with van der Waals surface area (Å²) in [7, 11) is 0. The summed E-state index contributed by atoms with van der Waals surface area (Å²) in [4.78, 5) is 27.7. The zero-order chi connectivity index (χ0) is 16.9. The molecule has 2 saturated heterocycles. The van der Waals surface area contributed by atoms with Crippen LogP contribution in [0.15, 0.2) is 24.3 Å². The summed E-state index contributed by atoms with van der Waals surface area (Å²) in [5.41, 5.74) is 1.50. The fourth-order valence-corrected chi connectivity index (χ4v) is 3.80. The highest BCUT2D eigenvalue weighted by molar-refractivity contribution is 5.87. The summed E-state index contributed by atoms with van der Waals surface area (Å²) >= 11 is 0. The number of carboxylic acid groups (broad SMARTS) is 1. The van der Waals surface area contributed by atoms with Crippen LogP contribution >= 0.6 is 0 Å². The average Bonchev–Trinajstić information content (AvgIpc) is 2.63. The van der Waals surface area contributed by atoms with Crippen molar-refractivity contribution in [3.05, 3.63) is 35.4 Å². The number of nitrogens with zero attached hydrogens (tertiary/aromatic N) is 2. The molecule has 2 aliphatic heterocycles. The molecule has 1 aromatic rings. The Morgan fingerprint density at radius 2 is 1.71 bits per heavy atom. The van der Waals surface area contributed by atoms with E-state index in [-0.39, 0.29) is 5.91 Å². The number of piperidine rings is 2. The van der Waals surface area contributed by atoms with Gasteiger partial charge in [0.15, 0.2) is 0 Å². The summed E-state index contributed by atoms with van der Waals surface area (Å²) in [5, 5.41) is 9.00. The molecule has 5 heteroatoms. The number of carbonyl (C=O) groups excluding carboxylic acids is 1. The van der Waals surface area contributed by atoms with Crippen LogP contribution in [0.3, 0.4) is 0 Å².